The molecular formula is C15H28N2O. The summed E-state index contributed by atoms with van der Waals surface area (Å²) in [7, 11) is 0. The largest absolute Gasteiger partial charge is 0.323 e. The summed E-state index contributed by atoms with van der Waals surface area (Å²) in [5.41, 5.74) is 0. The van der Waals surface area contributed by atoms with Crippen molar-refractivity contribution in [1.82, 2.24) is 10.2 Å². The van der Waals surface area contributed by atoms with E-state index in [1.807, 2.05) is 0 Å². The van der Waals surface area contributed by atoms with E-state index in [0.717, 1.165) is 6.42 Å². The van der Waals surface area contributed by atoms with Gasteiger partial charge in [-0.3, -0.25) is 10.1 Å². The van der Waals surface area contributed by atoms with Gasteiger partial charge in [0.1, 0.15) is 0 Å². The molecule has 3 heteroatoms. The van der Waals surface area contributed by atoms with Crippen LogP contribution in [0.3, 0.4) is 0 Å². The van der Waals surface area contributed by atoms with Crippen molar-refractivity contribution < 1.29 is 4.79 Å². The molecule has 2 aliphatic rings. The summed E-state index contributed by atoms with van der Waals surface area (Å²) in [4.78, 5) is 14.7. The second-order valence-electron chi connectivity index (χ2n) is 6.60. The van der Waals surface area contributed by atoms with Gasteiger partial charge in [-0.25, -0.2) is 0 Å². The van der Waals surface area contributed by atoms with E-state index in [1.54, 1.807) is 0 Å². The molecule has 4 atom stereocenters. The van der Waals surface area contributed by atoms with Crippen LogP contribution in [0.2, 0.25) is 0 Å². The Hall–Kier alpha value is -0.570. The van der Waals surface area contributed by atoms with Crippen molar-refractivity contribution in [3.05, 3.63) is 0 Å². The van der Waals surface area contributed by atoms with Gasteiger partial charge in [-0.15, -0.1) is 0 Å². The molecule has 104 valence electrons. The fourth-order valence-electron chi connectivity index (χ4n) is 3.61. The van der Waals surface area contributed by atoms with Crippen LogP contribution in [0, 0.1) is 11.8 Å². The third-order valence-electron chi connectivity index (χ3n) is 4.54. The number of rotatable bonds is 3. The molecule has 0 bridgehead atoms. The normalized spacial score (nSPS) is 37.6. The third-order valence-corrected chi connectivity index (χ3v) is 4.54. The average Bonchev–Trinajstić information content (AvgIpc) is 2.55. The minimum absolute atomic E-state index is 0.0501. The average molecular weight is 252 g/mol. The maximum absolute atomic E-state index is 12.6. The SMILES string of the molecule is CC(C)CC1NC(C)N(C2CCCCC2C)C1=O. The van der Waals surface area contributed by atoms with Gasteiger partial charge in [0.15, 0.2) is 0 Å². The predicted octanol–water partition coefficient (Wildman–Crippen LogP) is 2.76. The second kappa shape index (κ2) is 5.60. The van der Waals surface area contributed by atoms with Crippen LogP contribution in [0.15, 0.2) is 0 Å². The summed E-state index contributed by atoms with van der Waals surface area (Å²) < 4.78 is 0. The summed E-state index contributed by atoms with van der Waals surface area (Å²) in [6, 6.07) is 0.514. The number of hydrogen-bond acceptors (Lipinski definition) is 2. The highest BCUT2D eigenvalue weighted by Gasteiger charge is 2.42. The quantitative estimate of drug-likeness (QED) is 0.837. The van der Waals surface area contributed by atoms with Gasteiger partial charge in [-0.05, 0) is 38.0 Å². The van der Waals surface area contributed by atoms with E-state index in [2.05, 4.69) is 37.9 Å². The van der Waals surface area contributed by atoms with Crippen molar-refractivity contribution >= 4 is 5.91 Å². The first-order chi connectivity index (χ1) is 8.50. The molecule has 3 nitrogen and oxygen atoms in total. The van der Waals surface area contributed by atoms with E-state index in [-0.39, 0.29) is 12.2 Å². The van der Waals surface area contributed by atoms with Crippen molar-refractivity contribution in [2.75, 3.05) is 0 Å². The highest BCUT2D eigenvalue weighted by molar-refractivity contribution is 5.84. The van der Waals surface area contributed by atoms with Crippen molar-refractivity contribution in [2.24, 2.45) is 11.8 Å². The van der Waals surface area contributed by atoms with Crippen molar-refractivity contribution in [2.45, 2.75) is 78.0 Å². The Bertz CT molecular complexity index is 303. The molecule has 0 radical (unpaired) electrons. The van der Waals surface area contributed by atoms with Crippen LogP contribution in [-0.2, 0) is 4.79 Å². The van der Waals surface area contributed by atoms with Crippen molar-refractivity contribution in [3.63, 3.8) is 0 Å². The standard InChI is InChI=1S/C15H28N2O/c1-10(2)9-13-15(18)17(12(4)16-13)14-8-6-5-7-11(14)3/h10-14,16H,5-9H2,1-4H3. The summed E-state index contributed by atoms with van der Waals surface area (Å²) in [5.74, 6) is 1.57. The van der Waals surface area contributed by atoms with Crippen LogP contribution in [0.5, 0.6) is 0 Å². The fraction of sp³-hybridized carbons (Fsp3) is 0.933. The molecule has 4 unspecified atom stereocenters. The Morgan fingerprint density at radius 3 is 2.56 bits per heavy atom. The molecule has 1 amide bonds. The first-order valence-electron chi connectivity index (χ1n) is 7.59. The Labute approximate surface area is 111 Å². The van der Waals surface area contributed by atoms with E-state index in [9.17, 15) is 4.79 Å². The number of amides is 1. The molecule has 1 saturated carbocycles. The van der Waals surface area contributed by atoms with E-state index in [1.165, 1.54) is 25.7 Å². The van der Waals surface area contributed by atoms with E-state index in [0.29, 0.717) is 23.8 Å². The van der Waals surface area contributed by atoms with E-state index >= 15 is 0 Å². The smallest absolute Gasteiger partial charge is 0.241 e. The van der Waals surface area contributed by atoms with Crippen LogP contribution in [0.4, 0.5) is 0 Å². The number of hydrogen-bond donors (Lipinski definition) is 1. The molecule has 0 aromatic rings. The molecule has 1 heterocycles. The number of nitrogens with one attached hydrogen (secondary N) is 1. The zero-order valence-corrected chi connectivity index (χ0v) is 12.3. The lowest BCUT2D eigenvalue weighted by atomic mass is 9.84. The van der Waals surface area contributed by atoms with Gasteiger partial charge in [0.05, 0.1) is 12.2 Å². The molecule has 1 N–H and O–H groups in total. The predicted molar refractivity (Wildman–Crippen MR) is 74.1 cm³/mol. The Morgan fingerprint density at radius 2 is 1.94 bits per heavy atom. The molecule has 0 aromatic carbocycles. The molecule has 2 rings (SSSR count). The van der Waals surface area contributed by atoms with Crippen LogP contribution in [0.25, 0.3) is 0 Å². The molecule has 0 aromatic heterocycles. The third kappa shape index (κ3) is 2.71. The van der Waals surface area contributed by atoms with Gasteiger partial charge in [-0.2, -0.15) is 0 Å². The summed E-state index contributed by atoms with van der Waals surface area (Å²) in [6.07, 6.45) is 6.24. The highest BCUT2D eigenvalue weighted by atomic mass is 16.2. The van der Waals surface area contributed by atoms with Crippen LogP contribution in [-0.4, -0.2) is 29.1 Å². The maximum atomic E-state index is 12.6. The van der Waals surface area contributed by atoms with Crippen LogP contribution in [0.1, 0.15) is 59.8 Å². The number of carbonyl (C=O) groups excluding carboxylic acids is 1. The van der Waals surface area contributed by atoms with Gasteiger partial charge < -0.3 is 4.90 Å². The van der Waals surface area contributed by atoms with Crippen molar-refractivity contribution in [1.29, 1.82) is 0 Å². The Kier molecular flexibility index (Phi) is 4.31. The van der Waals surface area contributed by atoms with Gasteiger partial charge >= 0.3 is 0 Å². The summed E-state index contributed by atoms with van der Waals surface area (Å²) >= 11 is 0. The number of nitrogens with zero attached hydrogens (tertiary/aromatic N) is 1. The second-order valence-corrected chi connectivity index (χ2v) is 6.60. The lowest BCUT2D eigenvalue weighted by molar-refractivity contribution is -0.134. The van der Waals surface area contributed by atoms with Crippen molar-refractivity contribution in [3.8, 4) is 0 Å². The number of carbonyl (C=O) groups is 1. The molecule has 1 saturated heterocycles. The molecular weight excluding hydrogens is 224 g/mol. The lowest BCUT2D eigenvalue weighted by Crippen LogP contribution is -2.47. The Morgan fingerprint density at radius 1 is 1.28 bits per heavy atom. The summed E-state index contributed by atoms with van der Waals surface area (Å²) in [6.45, 7) is 8.82. The molecule has 1 aliphatic heterocycles. The monoisotopic (exact) mass is 252 g/mol. The first kappa shape index (κ1) is 13.9. The maximum Gasteiger partial charge on any atom is 0.241 e. The van der Waals surface area contributed by atoms with Gasteiger partial charge in [0.2, 0.25) is 5.91 Å². The topological polar surface area (TPSA) is 32.3 Å². The molecule has 18 heavy (non-hydrogen) atoms. The van der Waals surface area contributed by atoms with Gasteiger partial charge in [0.25, 0.3) is 0 Å². The Balaban J connectivity index is 2.06. The van der Waals surface area contributed by atoms with E-state index < -0.39 is 0 Å². The van der Waals surface area contributed by atoms with Crippen LogP contribution < -0.4 is 5.32 Å². The molecule has 0 spiro atoms. The highest BCUT2D eigenvalue weighted by Crippen LogP contribution is 2.32. The fourth-order valence-corrected chi connectivity index (χ4v) is 3.61. The summed E-state index contributed by atoms with van der Waals surface area (Å²) in [5, 5.41) is 3.48. The first-order valence-corrected chi connectivity index (χ1v) is 7.59. The lowest BCUT2D eigenvalue weighted by Gasteiger charge is -2.38. The minimum Gasteiger partial charge on any atom is -0.323 e. The minimum atomic E-state index is 0.0501. The zero-order chi connectivity index (χ0) is 13.3. The zero-order valence-electron chi connectivity index (χ0n) is 12.3. The van der Waals surface area contributed by atoms with Gasteiger partial charge in [-0.1, -0.05) is 33.6 Å². The van der Waals surface area contributed by atoms with Crippen LogP contribution >= 0.6 is 0 Å². The van der Waals surface area contributed by atoms with Gasteiger partial charge in [0, 0.05) is 6.04 Å². The molecule has 2 fully saturated rings. The molecule has 1 aliphatic carbocycles. The van der Waals surface area contributed by atoms with E-state index in [4.69, 9.17) is 0 Å².